The maximum Gasteiger partial charge on any atom is 0.313 e. The van der Waals surface area contributed by atoms with Crippen LogP contribution in [0.2, 0.25) is 0 Å². The first-order valence-electron chi connectivity index (χ1n) is 7.15. The molecule has 0 aromatic heterocycles. The lowest BCUT2D eigenvalue weighted by molar-refractivity contribution is -0.142. The molecule has 0 radical (unpaired) electrons. The molecule has 0 saturated heterocycles. The zero-order valence-electron chi connectivity index (χ0n) is 13.3. The molecule has 2 aromatic rings. The van der Waals surface area contributed by atoms with Crippen LogP contribution in [0, 0.1) is 20.8 Å². The highest BCUT2D eigenvalue weighted by atomic mass is 16.4. The first-order valence-corrected chi connectivity index (χ1v) is 7.15. The minimum atomic E-state index is -0.865. The van der Waals surface area contributed by atoms with Crippen molar-refractivity contribution in [3.8, 4) is 11.1 Å². The molecule has 0 heterocycles. The first kappa shape index (κ1) is 15.3. The summed E-state index contributed by atoms with van der Waals surface area (Å²) in [5.41, 5.74) is 6.08. The van der Waals surface area contributed by atoms with Crippen LogP contribution in [0.4, 0.5) is 0 Å². The summed E-state index contributed by atoms with van der Waals surface area (Å²) in [4.78, 5) is 11.3. The van der Waals surface area contributed by atoms with Crippen molar-refractivity contribution in [2.75, 3.05) is 0 Å². The average molecular weight is 282 g/mol. The third-order valence-electron chi connectivity index (χ3n) is 4.11. The van der Waals surface area contributed by atoms with E-state index in [0.29, 0.717) is 0 Å². The lowest BCUT2D eigenvalue weighted by atomic mass is 9.83. The quantitative estimate of drug-likeness (QED) is 0.890. The van der Waals surface area contributed by atoms with Gasteiger partial charge in [0.1, 0.15) is 0 Å². The largest absolute Gasteiger partial charge is 0.481 e. The molecular formula is C19H22O2. The Bertz CT molecular complexity index is 656. The second kappa shape index (κ2) is 5.36. The van der Waals surface area contributed by atoms with Crippen molar-refractivity contribution in [1.29, 1.82) is 0 Å². The van der Waals surface area contributed by atoms with Gasteiger partial charge in [-0.1, -0.05) is 42.0 Å². The number of benzene rings is 2. The highest BCUT2D eigenvalue weighted by Crippen LogP contribution is 2.31. The molecule has 2 nitrogen and oxygen atoms in total. The molecule has 21 heavy (non-hydrogen) atoms. The normalized spacial score (nSPS) is 11.5. The summed E-state index contributed by atoms with van der Waals surface area (Å²) in [7, 11) is 0. The van der Waals surface area contributed by atoms with Crippen LogP contribution in [0.25, 0.3) is 11.1 Å². The van der Waals surface area contributed by atoms with Gasteiger partial charge in [-0.2, -0.15) is 0 Å². The van der Waals surface area contributed by atoms with Gasteiger partial charge in [0.15, 0.2) is 0 Å². The van der Waals surface area contributed by atoms with Gasteiger partial charge in [-0.25, -0.2) is 0 Å². The van der Waals surface area contributed by atoms with Crippen LogP contribution >= 0.6 is 0 Å². The maximum absolute atomic E-state index is 11.3. The van der Waals surface area contributed by atoms with E-state index >= 15 is 0 Å². The maximum atomic E-state index is 11.3. The van der Waals surface area contributed by atoms with Crippen LogP contribution in [0.5, 0.6) is 0 Å². The monoisotopic (exact) mass is 282 g/mol. The van der Waals surface area contributed by atoms with Gasteiger partial charge < -0.3 is 5.11 Å². The van der Waals surface area contributed by atoms with Crippen molar-refractivity contribution >= 4 is 5.97 Å². The summed E-state index contributed by atoms with van der Waals surface area (Å²) in [6.07, 6.45) is 0. The molecule has 1 N–H and O–H groups in total. The third-order valence-corrected chi connectivity index (χ3v) is 4.11. The van der Waals surface area contributed by atoms with E-state index in [-0.39, 0.29) is 0 Å². The number of carboxylic acids is 1. The Morgan fingerprint density at radius 3 is 1.86 bits per heavy atom. The number of aryl methyl sites for hydroxylation is 3. The molecule has 0 atom stereocenters. The minimum absolute atomic E-state index is 0.807. The number of carboxylic acid groups (broad SMARTS) is 1. The predicted octanol–water partition coefficient (Wildman–Crippen LogP) is 4.64. The third kappa shape index (κ3) is 2.85. The van der Waals surface area contributed by atoms with Crippen LogP contribution in [0.3, 0.4) is 0 Å². The SMILES string of the molecule is Cc1cc(C)c(-c2ccc(C(C)(C)C(=O)O)cc2)c(C)c1. The number of hydrogen-bond donors (Lipinski definition) is 1. The minimum Gasteiger partial charge on any atom is -0.481 e. The van der Waals surface area contributed by atoms with Crippen molar-refractivity contribution < 1.29 is 9.90 Å². The van der Waals surface area contributed by atoms with Crippen LogP contribution in [-0.4, -0.2) is 11.1 Å². The molecule has 0 saturated carbocycles. The van der Waals surface area contributed by atoms with Gasteiger partial charge in [-0.15, -0.1) is 0 Å². The molecule has 2 aromatic carbocycles. The molecule has 0 aliphatic carbocycles. The van der Waals surface area contributed by atoms with Gasteiger partial charge in [-0.05, 0) is 62.4 Å². The van der Waals surface area contributed by atoms with Crippen molar-refractivity contribution in [2.24, 2.45) is 0 Å². The van der Waals surface area contributed by atoms with Crippen LogP contribution in [0.1, 0.15) is 36.1 Å². The van der Waals surface area contributed by atoms with E-state index < -0.39 is 11.4 Å². The van der Waals surface area contributed by atoms with Gasteiger partial charge >= 0.3 is 5.97 Å². The topological polar surface area (TPSA) is 37.3 Å². The fourth-order valence-corrected chi connectivity index (χ4v) is 2.81. The molecule has 0 unspecified atom stereocenters. The Balaban J connectivity index is 2.48. The predicted molar refractivity (Wildman–Crippen MR) is 86.8 cm³/mol. The van der Waals surface area contributed by atoms with Crippen molar-refractivity contribution in [2.45, 2.75) is 40.0 Å². The van der Waals surface area contributed by atoms with Gasteiger partial charge in [0.2, 0.25) is 0 Å². The molecule has 0 spiro atoms. The van der Waals surface area contributed by atoms with E-state index in [1.807, 2.05) is 24.3 Å². The van der Waals surface area contributed by atoms with Gasteiger partial charge in [0, 0.05) is 0 Å². The molecule has 2 heteroatoms. The Kier molecular flexibility index (Phi) is 3.91. The Morgan fingerprint density at radius 1 is 0.952 bits per heavy atom. The molecule has 0 amide bonds. The van der Waals surface area contributed by atoms with Gasteiger partial charge in [0.05, 0.1) is 5.41 Å². The highest BCUT2D eigenvalue weighted by molar-refractivity contribution is 5.81. The van der Waals surface area contributed by atoms with E-state index in [0.717, 1.165) is 11.1 Å². The fraction of sp³-hybridized carbons (Fsp3) is 0.316. The Morgan fingerprint density at radius 2 is 1.43 bits per heavy atom. The highest BCUT2D eigenvalue weighted by Gasteiger charge is 2.29. The fourth-order valence-electron chi connectivity index (χ4n) is 2.81. The zero-order chi connectivity index (χ0) is 15.8. The van der Waals surface area contributed by atoms with E-state index in [1.54, 1.807) is 13.8 Å². The molecule has 2 rings (SSSR count). The first-order chi connectivity index (χ1) is 9.73. The van der Waals surface area contributed by atoms with Crippen molar-refractivity contribution in [1.82, 2.24) is 0 Å². The van der Waals surface area contributed by atoms with Gasteiger partial charge in [-0.3, -0.25) is 4.79 Å². The van der Waals surface area contributed by atoms with Crippen LogP contribution < -0.4 is 0 Å². The summed E-state index contributed by atoms with van der Waals surface area (Å²) < 4.78 is 0. The lowest BCUT2D eigenvalue weighted by Crippen LogP contribution is -2.28. The lowest BCUT2D eigenvalue weighted by Gasteiger charge is -2.20. The standard InChI is InChI=1S/C19H22O2/c1-12-10-13(2)17(14(3)11-12)15-6-8-16(9-7-15)19(4,5)18(20)21/h6-11H,1-5H3,(H,20,21). The molecule has 0 fully saturated rings. The molecule has 0 bridgehead atoms. The molecular weight excluding hydrogens is 260 g/mol. The van der Waals surface area contributed by atoms with Crippen molar-refractivity contribution in [3.63, 3.8) is 0 Å². The number of hydrogen-bond acceptors (Lipinski definition) is 1. The average Bonchev–Trinajstić information content (AvgIpc) is 2.38. The van der Waals surface area contributed by atoms with Crippen LogP contribution in [-0.2, 0) is 10.2 Å². The van der Waals surface area contributed by atoms with Crippen molar-refractivity contribution in [3.05, 3.63) is 58.7 Å². The Hall–Kier alpha value is -2.09. The number of aliphatic carboxylic acids is 1. The van der Waals surface area contributed by atoms with E-state index in [4.69, 9.17) is 0 Å². The number of carbonyl (C=O) groups is 1. The molecule has 0 aliphatic rings. The zero-order valence-corrected chi connectivity index (χ0v) is 13.3. The number of rotatable bonds is 3. The molecule has 0 aliphatic heterocycles. The second-order valence-electron chi connectivity index (χ2n) is 6.28. The second-order valence-corrected chi connectivity index (χ2v) is 6.28. The summed E-state index contributed by atoms with van der Waals surface area (Å²) in [6.45, 7) is 9.79. The van der Waals surface area contributed by atoms with E-state index in [1.165, 1.54) is 22.3 Å². The van der Waals surface area contributed by atoms with Crippen LogP contribution in [0.15, 0.2) is 36.4 Å². The Labute approximate surface area is 126 Å². The summed E-state index contributed by atoms with van der Waals surface area (Å²) >= 11 is 0. The van der Waals surface area contributed by atoms with E-state index in [2.05, 4.69) is 32.9 Å². The van der Waals surface area contributed by atoms with Gasteiger partial charge in [0.25, 0.3) is 0 Å². The molecule has 110 valence electrons. The van der Waals surface area contributed by atoms with E-state index in [9.17, 15) is 9.90 Å². The smallest absolute Gasteiger partial charge is 0.313 e. The summed E-state index contributed by atoms with van der Waals surface area (Å²) in [6, 6.07) is 12.2. The summed E-state index contributed by atoms with van der Waals surface area (Å²) in [5.74, 6) is -0.807. The summed E-state index contributed by atoms with van der Waals surface area (Å²) in [5, 5.41) is 9.30.